The van der Waals surface area contributed by atoms with Gasteiger partial charge in [-0.3, -0.25) is 0 Å². The fraction of sp³-hybridized carbons (Fsp3) is 0.0714. The lowest BCUT2D eigenvalue weighted by atomic mass is 10.1. The number of aryl methyl sites for hydroxylation is 1. The summed E-state index contributed by atoms with van der Waals surface area (Å²) < 4.78 is 1.51. The van der Waals surface area contributed by atoms with E-state index >= 15 is 0 Å². The molecule has 1 N–H and O–H groups in total. The number of benzene rings is 1. The summed E-state index contributed by atoms with van der Waals surface area (Å²) in [4.78, 5) is 15.6. The average Bonchev–Trinajstić information content (AvgIpc) is 2.83. The van der Waals surface area contributed by atoms with E-state index in [4.69, 9.17) is 16.7 Å². The van der Waals surface area contributed by atoms with Crippen LogP contribution in [0.25, 0.3) is 16.9 Å². The topological polar surface area (TPSA) is 67.5 Å². The standard InChI is InChI=1S/C14H10ClN3O2/c1-8-5-12(9-3-2-4-10(15)6-9)17-13-11(14(19)20)7-16-18(8)13/h2-7H,1H3,(H,19,20). The highest BCUT2D eigenvalue weighted by Gasteiger charge is 2.15. The summed E-state index contributed by atoms with van der Waals surface area (Å²) in [5.74, 6) is -1.05. The van der Waals surface area contributed by atoms with Gasteiger partial charge in [-0.15, -0.1) is 0 Å². The number of rotatable bonds is 2. The molecule has 0 bridgehead atoms. The van der Waals surface area contributed by atoms with Crippen molar-refractivity contribution in [3.05, 3.63) is 52.8 Å². The molecule has 20 heavy (non-hydrogen) atoms. The van der Waals surface area contributed by atoms with Crippen LogP contribution in [0, 0.1) is 6.92 Å². The van der Waals surface area contributed by atoms with Crippen molar-refractivity contribution in [2.24, 2.45) is 0 Å². The fourth-order valence-electron chi connectivity index (χ4n) is 2.06. The molecule has 0 saturated carbocycles. The minimum Gasteiger partial charge on any atom is -0.477 e. The summed E-state index contributed by atoms with van der Waals surface area (Å²) in [5, 5.41) is 13.8. The number of carboxylic acids is 1. The smallest absolute Gasteiger partial charge is 0.341 e. The van der Waals surface area contributed by atoms with E-state index in [0.717, 1.165) is 11.3 Å². The lowest BCUT2D eigenvalue weighted by Gasteiger charge is -2.05. The molecule has 0 amide bonds. The first-order chi connectivity index (χ1) is 9.56. The Balaban J connectivity index is 2.27. The minimum absolute atomic E-state index is 0.0805. The van der Waals surface area contributed by atoms with E-state index < -0.39 is 5.97 Å². The van der Waals surface area contributed by atoms with Gasteiger partial charge in [-0.25, -0.2) is 14.3 Å². The van der Waals surface area contributed by atoms with Gasteiger partial charge in [0.2, 0.25) is 0 Å². The van der Waals surface area contributed by atoms with E-state index in [1.54, 1.807) is 12.1 Å². The number of aromatic carboxylic acids is 1. The predicted octanol–water partition coefficient (Wildman–Crippen LogP) is 3.06. The zero-order chi connectivity index (χ0) is 14.3. The van der Waals surface area contributed by atoms with Gasteiger partial charge in [-0.2, -0.15) is 5.10 Å². The maximum atomic E-state index is 11.2. The minimum atomic E-state index is -1.05. The predicted molar refractivity (Wildman–Crippen MR) is 75.1 cm³/mol. The first kappa shape index (κ1) is 12.6. The second-order valence-electron chi connectivity index (χ2n) is 4.39. The van der Waals surface area contributed by atoms with Crippen molar-refractivity contribution in [1.29, 1.82) is 0 Å². The molecule has 0 spiro atoms. The highest BCUT2D eigenvalue weighted by Crippen LogP contribution is 2.23. The molecule has 0 fully saturated rings. The Morgan fingerprint density at radius 3 is 2.85 bits per heavy atom. The second kappa shape index (κ2) is 4.61. The van der Waals surface area contributed by atoms with Crippen LogP contribution in [0.15, 0.2) is 36.5 Å². The van der Waals surface area contributed by atoms with Gasteiger partial charge in [0.1, 0.15) is 5.56 Å². The Kier molecular flexibility index (Phi) is 2.91. The van der Waals surface area contributed by atoms with Crippen molar-refractivity contribution in [2.45, 2.75) is 6.92 Å². The number of hydrogen-bond acceptors (Lipinski definition) is 3. The first-order valence-electron chi connectivity index (χ1n) is 5.91. The van der Waals surface area contributed by atoms with E-state index in [0.29, 0.717) is 16.4 Å². The van der Waals surface area contributed by atoms with E-state index in [1.807, 2.05) is 25.1 Å². The maximum absolute atomic E-state index is 11.2. The van der Waals surface area contributed by atoms with E-state index in [2.05, 4.69) is 10.1 Å². The Morgan fingerprint density at radius 1 is 1.35 bits per heavy atom. The first-order valence-corrected chi connectivity index (χ1v) is 6.28. The SMILES string of the molecule is Cc1cc(-c2cccc(Cl)c2)nc2c(C(=O)O)cnn12. The van der Waals surface area contributed by atoms with Crippen LogP contribution in [-0.2, 0) is 0 Å². The third kappa shape index (κ3) is 2.02. The number of halogens is 1. The van der Waals surface area contributed by atoms with Crippen LogP contribution in [0.3, 0.4) is 0 Å². The Bertz CT molecular complexity index is 826. The molecule has 0 aliphatic rings. The highest BCUT2D eigenvalue weighted by atomic mass is 35.5. The number of hydrogen-bond donors (Lipinski definition) is 1. The van der Waals surface area contributed by atoms with Crippen LogP contribution < -0.4 is 0 Å². The van der Waals surface area contributed by atoms with Gasteiger partial charge in [0, 0.05) is 16.3 Å². The Labute approximate surface area is 119 Å². The van der Waals surface area contributed by atoms with Crippen molar-refractivity contribution < 1.29 is 9.90 Å². The molecule has 0 aliphatic carbocycles. The van der Waals surface area contributed by atoms with Gasteiger partial charge in [-0.05, 0) is 25.1 Å². The van der Waals surface area contributed by atoms with Crippen LogP contribution in [0.4, 0.5) is 0 Å². The molecular weight excluding hydrogens is 278 g/mol. The van der Waals surface area contributed by atoms with Crippen molar-refractivity contribution in [2.75, 3.05) is 0 Å². The zero-order valence-electron chi connectivity index (χ0n) is 10.5. The zero-order valence-corrected chi connectivity index (χ0v) is 11.3. The van der Waals surface area contributed by atoms with E-state index in [1.165, 1.54) is 10.7 Å². The molecule has 2 aromatic heterocycles. The van der Waals surface area contributed by atoms with Gasteiger partial charge in [0.25, 0.3) is 0 Å². The molecule has 2 heterocycles. The number of carbonyl (C=O) groups is 1. The molecule has 0 saturated heterocycles. The van der Waals surface area contributed by atoms with Crippen molar-refractivity contribution in [3.8, 4) is 11.3 Å². The molecule has 0 aliphatic heterocycles. The van der Waals surface area contributed by atoms with Gasteiger partial charge in [0.05, 0.1) is 11.9 Å². The summed E-state index contributed by atoms with van der Waals surface area (Å²) in [5.41, 5.74) is 2.71. The number of aromatic nitrogens is 3. The fourth-order valence-corrected chi connectivity index (χ4v) is 2.25. The van der Waals surface area contributed by atoms with Crippen molar-refractivity contribution in [3.63, 3.8) is 0 Å². The van der Waals surface area contributed by atoms with Crippen LogP contribution in [-0.4, -0.2) is 25.7 Å². The number of carboxylic acid groups (broad SMARTS) is 1. The molecule has 1 aromatic carbocycles. The average molecular weight is 288 g/mol. The molecule has 3 aromatic rings. The summed E-state index contributed by atoms with van der Waals surface area (Å²) in [6, 6.07) is 9.11. The number of nitrogens with zero attached hydrogens (tertiary/aromatic N) is 3. The normalized spacial score (nSPS) is 10.9. The second-order valence-corrected chi connectivity index (χ2v) is 4.83. The summed E-state index contributed by atoms with van der Waals surface area (Å²) in [6.07, 6.45) is 1.30. The molecule has 100 valence electrons. The van der Waals surface area contributed by atoms with E-state index in [9.17, 15) is 4.79 Å². The van der Waals surface area contributed by atoms with Crippen LogP contribution in [0.1, 0.15) is 16.1 Å². The molecule has 0 radical (unpaired) electrons. The van der Waals surface area contributed by atoms with Gasteiger partial charge >= 0.3 is 5.97 Å². The third-order valence-corrected chi connectivity index (χ3v) is 3.24. The largest absolute Gasteiger partial charge is 0.477 e. The van der Waals surface area contributed by atoms with Crippen LogP contribution in [0.2, 0.25) is 5.02 Å². The van der Waals surface area contributed by atoms with Gasteiger partial charge in [-0.1, -0.05) is 23.7 Å². The van der Waals surface area contributed by atoms with Crippen molar-refractivity contribution in [1.82, 2.24) is 14.6 Å². The van der Waals surface area contributed by atoms with Crippen LogP contribution in [0.5, 0.6) is 0 Å². The summed E-state index contributed by atoms with van der Waals surface area (Å²) in [6.45, 7) is 1.85. The molecule has 5 nitrogen and oxygen atoms in total. The number of fused-ring (bicyclic) bond motifs is 1. The Morgan fingerprint density at radius 2 is 2.15 bits per heavy atom. The molecular formula is C14H10ClN3O2. The Hall–Kier alpha value is -2.40. The quantitative estimate of drug-likeness (QED) is 0.786. The van der Waals surface area contributed by atoms with Crippen molar-refractivity contribution >= 4 is 23.2 Å². The highest BCUT2D eigenvalue weighted by molar-refractivity contribution is 6.30. The lowest BCUT2D eigenvalue weighted by molar-refractivity contribution is 0.0699. The molecule has 0 atom stereocenters. The maximum Gasteiger partial charge on any atom is 0.341 e. The molecule has 0 unspecified atom stereocenters. The van der Waals surface area contributed by atoms with Crippen LogP contribution >= 0.6 is 11.6 Å². The van der Waals surface area contributed by atoms with Gasteiger partial charge < -0.3 is 5.11 Å². The third-order valence-electron chi connectivity index (χ3n) is 3.00. The summed E-state index contributed by atoms with van der Waals surface area (Å²) >= 11 is 5.97. The van der Waals surface area contributed by atoms with E-state index in [-0.39, 0.29) is 5.56 Å². The monoisotopic (exact) mass is 287 g/mol. The van der Waals surface area contributed by atoms with Gasteiger partial charge in [0.15, 0.2) is 5.65 Å². The molecule has 6 heteroatoms. The lowest BCUT2D eigenvalue weighted by Crippen LogP contribution is -2.01. The molecule has 3 rings (SSSR count). The summed E-state index contributed by atoms with van der Waals surface area (Å²) in [7, 11) is 0.